The fourth-order valence-corrected chi connectivity index (χ4v) is 2.72. The predicted molar refractivity (Wildman–Crippen MR) is 85.3 cm³/mol. The van der Waals surface area contributed by atoms with Gasteiger partial charge in [-0.15, -0.1) is 10.2 Å². The molecule has 0 radical (unpaired) electrons. The Labute approximate surface area is 127 Å². The average Bonchev–Trinajstić information content (AvgIpc) is 2.88. The highest BCUT2D eigenvalue weighted by Gasteiger charge is 2.19. The number of aromatic nitrogens is 2. The lowest BCUT2D eigenvalue weighted by Gasteiger charge is -2.11. The molecule has 2 rings (SSSR count). The molecule has 1 heterocycles. The lowest BCUT2D eigenvalue weighted by atomic mass is 10.00. The molecule has 0 aliphatic rings. The molecule has 0 spiro atoms. The minimum atomic E-state index is 0.136. The minimum absolute atomic E-state index is 0.136. The second-order valence-electron chi connectivity index (χ2n) is 5.63. The number of nitrogens with zero attached hydrogens (tertiary/aromatic N) is 2. The van der Waals surface area contributed by atoms with E-state index in [1.165, 1.54) is 16.7 Å². The van der Waals surface area contributed by atoms with E-state index >= 15 is 0 Å². The zero-order valence-corrected chi connectivity index (χ0v) is 13.7. The van der Waals surface area contributed by atoms with Crippen LogP contribution in [0.15, 0.2) is 16.5 Å². The molecule has 0 saturated heterocycles. The largest absolute Gasteiger partial charge is 0.419 e. The first kappa shape index (κ1) is 15.7. The highest BCUT2D eigenvalue weighted by atomic mass is 16.4. The van der Waals surface area contributed by atoms with Crippen LogP contribution in [0.2, 0.25) is 0 Å². The molecule has 4 nitrogen and oxygen atoms in total. The zero-order valence-electron chi connectivity index (χ0n) is 13.7. The topological polar surface area (TPSA) is 51.0 Å². The van der Waals surface area contributed by atoms with Gasteiger partial charge in [-0.3, -0.25) is 0 Å². The molecule has 0 amide bonds. The summed E-state index contributed by atoms with van der Waals surface area (Å²) in [5.74, 6) is 1.30. The summed E-state index contributed by atoms with van der Waals surface area (Å²) >= 11 is 0. The maximum Gasteiger partial charge on any atom is 0.248 e. The van der Waals surface area contributed by atoms with E-state index in [4.69, 9.17) is 4.42 Å². The van der Waals surface area contributed by atoms with E-state index in [0.29, 0.717) is 11.8 Å². The van der Waals surface area contributed by atoms with Gasteiger partial charge in [-0.1, -0.05) is 31.5 Å². The number of benzene rings is 1. The summed E-state index contributed by atoms with van der Waals surface area (Å²) in [4.78, 5) is 0. The first-order valence-corrected chi connectivity index (χ1v) is 7.71. The third-order valence-electron chi connectivity index (χ3n) is 3.68. The molecule has 0 saturated carbocycles. The van der Waals surface area contributed by atoms with E-state index in [9.17, 15) is 0 Å². The van der Waals surface area contributed by atoms with E-state index in [1.54, 1.807) is 0 Å². The van der Waals surface area contributed by atoms with Crippen molar-refractivity contribution >= 4 is 0 Å². The van der Waals surface area contributed by atoms with Gasteiger partial charge < -0.3 is 9.73 Å². The quantitative estimate of drug-likeness (QED) is 0.868. The van der Waals surface area contributed by atoms with Gasteiger partial charge >= 0.3 is 0 Å². The Bertz CT molecular complexity index is 581. The molecule has 0 aliphatic heterocycles. The van der Waals surface area contributed by atoms with Crippen LogP contribution in [0, 0.1) is 20.8 Å². The molecule has 1 N–H and O–H groups in total. The first-order valence-electron chi connectivity index (χ1n) is 7.71. The maximum absolute atomic E-state index is 5.94. The van der Waals surface area contributed by atoms with Gasteiger partial charge in [0.2, 0.25) is 11.8 Å². The van der Waals surface area contributed by atoms with Crippen molar-refractivity contribution in [2.75, 3.05) is 6.54 Å². The summed E-state index contributed by atoms with van der Waals surface area (Å²) < 4.78 is 5.94. The fourth-order valence-electron chi connectivity index (χ4n) is 2.72. The molecule has 1 atom stereocenters. The molecule has 0 bridgehead atoms. The third kappa shape index (κ3) is 3.50. The molecule has 0 aliphatic carbocycles. The Morgan fingerprint density at radius 2 is 1.76 bits per heavy atom. The lowest BCUT2D eigenvalue weighted by Crippen LogP contribution is -2.21. The monoisotopic (exact) mass is 287 g/mol. The Kier molecular flexibility index (Phi) is 5.12. The van der Waals surface area contributed by atoms with E-state index < -0.39 is 0 Å². The first-order chi connectivity index (χ1) is 10.1. The van der Waals surface area contributed by atoms with Crippen LogP contribution >= 0.6 is 0 Å². The van der Waals surface area contributed by atoms with Crippen molar-refractivity contribution in [2.24, 2.45) is 0 Å². The number of nitrogens with one attached hydrogen (secondary N) is 1. The van der Waals surface area contributed by atoms with Crippen LogP contribution in [0.4, 0.5) is 0 Å². The normalized spacial score (nSPS) is 12.6. The van der Waals surface area contributed by atoms with Crippen molar-refractivity contribution in [1.82, 2.24) is 15.5 Å². The Morgan fingerprint density at radius 1 is 1.10 bits per heavy atom. The van der Waals surface area contributed by atoms with Crippen LogP contribution in [-0.4, -0.2) is 16.7 Å². The van der Waals surface area contributed by atoms with Gasteiger partial charge in [-0.2, -0.15) is 0 Å². The SMILES string of the molecule is CCCNC(CC)c1nnc(-c2c(C)cc(C)cc2C)o1. The van der Waals surface area contributed by atoms with Gasteiger partial charge in [0.25, 0.3) is 0 Å². The van der Waals surface area contributed by atoms with Gasteiger partial charge in [0, 0.05) is 5.56 Å². The van der Waals surface area contributed by atoms with E-state index in [0.717, 1.165) is 24.9 Å². The van der Waals surface area contributed by atoms with Crippen molar-refractivity contribution in [1.29, 1.82) is 0 Å². The van der Waals surface area contributed by atoms with Gasteiger partial charge in [0.1, 0.15) is 0 Å². The second-order valence-corrected chi connectivity index (χ2v) is 5.63. The van der Waals surface area contributed by atoms with Crippen LogP contribution in [-0.2, 0) is 0 Å². The van der Waals surface area contributed by atoms with Gasteiger partial charge in [0.05, 0.1) is 6.04 Å². The number of rotatable bonds is 6. The Hall–Kier alpha value is -1.68. The van der Waals surface area contributed by atoms with Gasteiger partial charge in [0.15, 0.2) is 0 Å². The van der Waals surface area contributed by atoms with Crippen molar-refractivity contribution in [3.05, 3.63) is 34.7 Å². The van der Waals surface area contributed by atoms with Crippen molar-refractivity contribution in [2.45, 2.75) is 53.5 Å². The molecular formula is C17H25N3O. The maximum atomic E-state index is 5.94. The molecular weight excluding hydrogens is 262 g/mol. The molecule has 2 aromatic rings. The van der Waals surface area contributed by atoms with Crippen LogP contribution in [0.5, 0.6) is 0 Å². The number of hydrogen-bond donors (Lipinski definition) is 1. The summed E-state index contributed by atoms with van der Waals surface area (Å²) in [6.07, 6.45) is 2.03. The fraction of sp³-hybridized carbons (Fsp3) is 0.529. The van der Waals surface area contributed by atoms with Crippen LogP contribution in [0.25, 0.3) is 11.5 Å². The summed E-state index contributed by atoms with van der Waals surface area (Å²) in [6.45, 7) is 11.5. The lowest BCUT2D eigenvalue weighted by molar-refractivity contribution is 0.396. The van der Waals surface area contributed by atoms with E-state index in [1.807, 2.05) is 0 Å². The standard InChI is InChI=1S/C17H25N3O/c1-6-8-18-14(7-2)16-19-20-17(21-16)15-12(4)9-11(3)10-13(15)5/h9-10,14,18H,6-8H2,1-5H3. The molecule has 114 valence electrons. The third-order valence-corrected chi connectivity index (χ3v) is 3.68. The minimum Gasteiger partial charge on any atom is -0.419 e. The second kappa shape index (κ2) is 6.85. The summed E-state index contributed by atoms with van der Waals surface area (Å²) in [5, 5.41) is 11.9. The Balaban J connectivity index is 2.31. The van der Waals surface area contributed by atoms with E-state index in [-0.39, 0.29) is 6.04 Å². The van der Waals surface area contributed by atoms with Gasteiger partial charge in [-0.05, 0) is 51.3 Å². The van der Waals surface area contributed by atoms with Crippen LogP contribution in [0.3, 0.4) is 0 Å². The summed E-state index contributed by atoms with van der Waals surface area (Å²) in [7, 11) is 0. The summed E-state index contributed by atoms with van der Waals surface area (Å²) in [5.41, 5.74) is 4.67. The smallest absolute Gasteiger partial charge is 0.248 e. The van der Waals surface area contributed by atoms with Crippen molar-refractivity contribution < 1.29 is 4.42 Å². The molecule has 1 unspecified atom stereocenters. The van der Waals surface area contributed by atoms with Crippen molar-refractivity contribution in [3.63, 3.8) is 0 Å². The van der Waals surface area contributed by atoms with Gasteiger partial charge in [-0.25, -0.2) is 0 Å². The molecule has 0 fully saturated rings. The van der Waals surface area contributed by atoms with E-state index in [2.05, 4.69) is 62.3 Å². The summed E-state index contributed by atoms with van der Waals surface area (Å²) in [6, 6.07) is 4.44. The predicted octanol–water partition coefficient (Wildman–Crippen LogP) is 4.11. The molecule has 1 aromatic carbocycles. The van der Waals surface area contributed by atoms with Crippen molar-refractivity contribution in [3.8, 4) is 11.5 Å². The van der Waals surface area contributed by atoms with Crippen LogP contribution in [0.1, 0.15) is 55.3 Å². The van der Waals surface area contributed by atoms with Crippen LogP contribution < -0.4 is 5.32 Å². The highest BCUT2D eigenvalue weighted by Crippen LogP contribution is 2.28. The molecule has 1 aromatic heterocycles. The Morgan fingerprint density at radius 3 is 2.33 bits per heavy atom. The molecule has 21 heavy (non-hydrogen) atoms. The number of hydrogen-bond acceptors (Lipinski definition) is 4. The number of aryl methyl sites for hydroxylation is 3. The zero-order chi connectivity index (χ0) is 15.4. The highest BCUT2D eigenvalue weighted by molar-refractivity contribution is 5.63. The average molecular weight is 287 g/mol. The molecule has 4 heteroatoms.